The molecule has 1 aromatic heterocycles. The molecule has 82 valence electrons. The largest absolute Gasteiger partial charge is 0.390 e. The van der Waals surface area contributed by atoms with E-state index in [2.05, 4.69) is 9.97 Å². The molecule has 3 rings (SSSR count). The van der Waals surface area contributed by atoms with Crippen molar-refractivity contribution in [2.45, 2.75) is 24.9 Å². The fourth-order valence-corrected chi connectivity index (χ4v) is 1.88. The van der Waals surface area contributed by atoms with Gasteiger partial charge in [-0.1, -0.05) is 6.07 Å². The Balaban J connectivity index is 1.99. The Labute approximate surface area is 93.1 Å². The number of aliphatic hydroxyl groups is 1. The normalized spacial score (nSPS) is 17.6. The molecule has 1 aromatic carbocycles. The Kier molecular flexibility index (Phi) is 1.88. The first-order valence-electron chi connectivity index (χ1n) is 5.38. The zero-order chi connectivity index (χ0) is 11.2. The van der Waals surface area contributed by atoms with Crippen molar-refractivity contribution in [1.29, 1.82) is 0 Å². The van der Waals surface area contributed by atoms with Crippen molar-refractivity contribution in [2.24, 2.45) is 0 Å². The molecule has 0 bridgehead atoms. The summed E-state index contributed by atoms with van der Waals surface area (Å²) in [6.07, 6.45) is 4.06. The molecule has 4 nitrogen and oxygen atoms in total. The maximum Gasteiger partial charge on any atom is 0.142 e. The third-order valence-corrected chi connectivity index (χ3v) is 2.99. The van der Waals surface area contributed by atoms with Crippen molar-refractivity contribution in [2.75, 3.05) is 5.73 Å². The average Bonchev–Trinajstić information content (AvgIpc) is 2.96. The lowest BCUT2D eigenvalue weighted by Gasteiger charge is -2.07. The van der Waals surface area contributed by atoms with E-state index >= 15 is 0 Å². The number of benzene rings is 1. The van der Waals surface area contributed by atoms with Crippen molar-refractivity contribution in [3.8, 4) is 0 Å². The van der Waals surface area contributed by atoms with Crippen molar-refractivity contribution in [3.05, 3.63) is 30.0 Å². The highest BCUT2D eigenvalue weighted by Gasteiger charge is 2.40. The van der Waals surface area contributed by atoms with Crippen LogP contribution in [0, 0.1) is 0 Å². The van der Waals surface area contributed by atoms with Gasteiger partial charge in [0.05, 0.1) is 22.8 Å². The van der Waals surface area contributed by atoms with Gasteiger partial charge < -0.3 is 10.8 Å². The number of rotatable bonds is 2. The minimum Gasteiger partial charge on any atom is -0.390 e. The third kappa shape index (κ3) is 1.72. The lowest BCUT2D eigenvalue weighted by Crippen LogP contribution is -2.10. The van der Waals surface area contributed by atoms with Gasteiger partial charge in [-0.2, -0.15) is 0 Å². The summed E-state index contributed by atoms with van der Waals surface area (Å²) in [5.74, 6) is 0.432. The van der Waals surface area contributed by atoms with Gasteiger partial charge in [0.25, 0.3) is 0 Å². The monoisotopic (exact) mass is 215 g/mol. The minimum absolute atomic E-state index is 0.432. The van der Waals surface area contributed by atoms with Crippen LogP contribution in [-0.4, -0.2) is 20.7 Å². The van der Waals surface area contributed by atoms with E-state index in [9.17, 15) is 5.11 Å². The van der Waals surface area contributed by atoms with Crippen LogP contribution in [0.3, 0.4) is 0 Å². The van der Waals surface area contributed by atoms with Crippen LogP contribution in [-0.2, 0) is 6.42 Å². The van der Waals surface area contributed by atoms with Crippen LogP contribution in [0.5, 0.6) is 0 Å². The second-order valence-electron chi connectivity index (χ2n) is 4.52. The van der Waals surface area contributed by atoms with E-state index in [-0.39, 0.29) is 0 Å². The van der Waals surface area contributed by atoms with Gasteiger partial charge in [-0.3, -0.25) is 4.98 Å². The molecular weight excluding hydrogens is 202 g/mol. The Bertz CT molecular complexity index is 549. The molecule has 1 fully saturated rings. The molecule has 0 saturated heterocycles. The van der Waals surface area contributed by atoms with Gasteiger partial charge in [-0.05, 0) is 30.5 Å². The fraction of sp³-hybridized carbons (Fsp3) is 0.333. The van der Waals surface area contributed by atoms with Gasteiger partial charge in [-0.15, -0.1) is 0 Å². The number of aromatic nitrogens is 2. The number of anilines is 1. The molecule has 4 heteroatoms. The Hall–Kier alpha value is -1.68. The average molecular weight is 215 g/mol. The summed E-state index contributed by atoms with van der Waals surface area (Å²) < 4.78 is 0. The number of hydrogen-bond donors (Lipinski definition) is 2. The second-order valence-corrected chi connectivity index (χ2v) is 4.52. The number of nitrogen functional groups attached to an aromatic ring is 1. The van der Waals surface area contributed by atoms with Crippen LogP contribution in [0.25, 0.3) is 11.0 Å². The van der Waals surface area contributed by atoms with Gasteiger partial charge >= 0.3 is 0 Å². The van der Waals surface area contributed by atoms with E-state index in [0.29, 0.717) is 12.2 Å². The van der Waals surface area contributed by atoms with Crippen LogP contribution >= 0.6 is 0 Å². The van der Waals surface area contributed by atoms with Crippen LogP contribution < -0.4 is 5.73 Å². The molecule has 1 aliphatic carbocycles. The summed E-state index contributed by atoms with van der Waals surface area (Å²) in [5.41, 5.74) is 7.83. The van der Waals surface area contributed by atoms with E-state index in [1.165, 1.54) is 0 Å². The fourth-order valence-electron chi connectivity index (χ4n) is 1.88. The van der Waals surface area contributed by atoms with Gasteiger partial charge in [0.1, 0.15) is 5.82 Å². The number of fused-ring (bicyclic) bond motifs is 1. The van der Waals surface area contributed by atoms with Crippen molar-refractivity contribution < 1.29 is 5.11 Å². The predicted octanol–water partition coefficient (Wildman–Crippen LogP) is 1.28. The molecule has 1 saturated carbocycles. The van der Waals surface area contributed by atoms with E-state index in [0.717, 1.165) is 29.4 Å². The van der Waals surface area contributed by atoms with E-state index in [1.54, 1.807) is 6.20 Å². The van der Waals surface area contributed by atoms with Gasteiger partial charge in [-0.25, -0.2) is 4.98 Å². The van der Waals surface area contributed by atoms with E-state index in [4.69, 9.17) is 5.73 Å². The number of nitrogens with zero attached hydrogens (tertiary/aromatic N) is 2. The van der Waals surface area contributed by atoms with E-state index in [1.807, 2.05) is 18.2 Å². The first kappa shape index (κ1) is 9.54. The quantitative estimate of drug-likeness (QED) is 0.791. The molecule has 2 aromatic rings. The zero-order valence-electron chi connectivity index (χ0n) is 8.85. The van der Waals surface area contributed by atoms with Gasteiger partial charge in [0, 0.05) is 6.42 Å². The molecule has 1 aliphatic rings. The molecule has 1 heterocycles. The van der Waals surface area contributed by atoms with Crippen LogP contribution in [0.2, 0.25) is 0 Å². The first-order chi connectivity index (χ1) is 7.65. The maximum absolute atomic E-state index is 9.84. The summed E-state index contributed by atoms with van der Waals surface area (Å²) in [6.45, 7) is 0. The second kappa shape index (κ2) is 3.15. The number of nitrogens with two attached hydrogens (primary N) is 1. The molecule has 0 atom stereocenters. The van der Waals surface area contributed by atoms with Crippen LogP contribution in [0.1, 0.15) is 18.4 Å². The van der Waals surface area contributed by atoms with Crippen molar-refractivity contribution in [1.82, 2.24) is 9.97 Å². The van der Waals surface area contributed by atoms with Crippen molar-refractivity contribution in [3.63, 3.8) is 0 Å². The Morgan fingerprint density at radius 3 is 2.88 bits per heavy atom. The third-order valence-electron chi connectivity index (χ3n) is 2.99. The molecular formula is C12H13N3O. The molecule has 0 aliphatic heterocycles. The molecule has 0 radical (unpaired) electrons. The summed E-state index contributed by atoms with van der Waals surface area (Å²) in [5, 5.41) is 9.84. The van der Waals surface area contributed by atoms with Crippen LogP contribution in [0.15, 0.2) is 24.4 Å². The molecule has 0 spiro atoms. The Morgan fingerprint density at radius 2 is 2.12 bits per heavy atom. The molecule has 16 heavy (non-hydrogen) atoms. The molecule has 0 unspecified atom stereocenters. The number of hydrogen-bond acceptors (Lipinski definition) is 4. The Morgan fingerprint density at radius 1 is 1.31 bits per heavy atom. The van der Waals surface area contributed by atoms with E-state index < -0.39 is 5.60 Å². The lowest BCUT2D eigenvalue weighted by molar-refractivity contribution is 0.151. The highest BCUT2D eigenvalue weighted by Crippen LogP contribution is 2.38. The maximum atomic E-state index is 9.84. The van der Waals surface area contributed by atoms with Crippen LogP contribution in [0.4, 0.5) is 5.82 Å². The van der Waals surface area contributed by atoms with Crippen molar-refractivity contribution >= 4 is 16.9 Å². The molecule has 3 N–H and O–H groups in total. The lowest BCUT2D eigenvalue weighted by atomic mass is 10.1. The predicted molar refractivity (Wildman–Crippen MR) is 61.8 cm³/mol. The summed E-state index contributed by atoms with van der Waals surface area (Å²) in [4.78, 5) is 8.40. The zero-order valence-corrected chi connectivity index (χ0v) is 8.85. The topological polar surface area (TPSA) is 72.0 Å². The molecule has 0 amide bonds. The van der Waals surface area contributed by atoms with Gasteiger partial charge in [0.15, 0.2) is 0 Å². The highest BCUT2D eigenvalue weighted by atomic mass is 16.3. The minimum atomic E-state index is -0.463. The summed E-state index contributed by atoms with van der Waals surface area (Å²) in [6, 6.07) is 5.85. The van der Waals surface area contributed by atoms with Gasteiger partial charge in [0.2, 0.25) is 0 Å². The summed E-state index contributed by atoms with van der Waals surface area (Å²) >= 11 is 0. The smallest absolute Gasteiger partial charge is 0.142 e. The highest BCUT2D eigenvalue weighted by molar-refractivity contribution is 5.76. The standard InChI is InChI=1S/C12H13N3O/c13-11-7-14-10-5-8(1-2-9(10)15-11)6-12(16)3-4-12/h1-2,5,7,16H,3-4,6H2,(H2,13,15). The SMILES string of the molecule is Nc1cnc2cc(CC3(O)CC3)ccc2n1. The first-order valence-corrected chi connectivity index (χ1v) is 5.38. The summed E-state index contributed by atoms with van der Waals surface area (Å²) in [7, 11) is 0.